The minimum Gasteiger partial charge on any atom is -0.377 e. The van der Waals surface area contributed by atoms with Crippen LogP contribution in [0.25, 0.3) is 11.0 Å². The molecule has 1 aromatic carbocycles. The van der Waals surface area contributed by atoms with Gasteiger partial charge in [-0.3, -0.25) is 4.79 Å². The molecule has 1 aromatic heterocycles. The van der Waals surface area contributed by atoms with Crippen LogP contribution in [-0.4, -0.2) is 5.16 Å². The summed E-state index contributed by atoms with van der Waals surface area (Å²) in [4.78, 5) is 10.9. The van der Waals surface area contributed by atoms with E-state index in [0.717, 1.165) is 0 Å². The number of rotatable bonds is 0. The maximum Gasteiger partial charge on any atom is 0.287 e. The predicted molar refractivity (Wildman–Crippen MR) is 41.8 cm³/mol. The molecule has 0 aliphatic carbocycles. The van der Waals surface area contributed by atoms with Crippen LogP contribution in [0.1, 0.15) is 0 Å². The lowest BCUT2D eigenvalue weighted by molar-refractivity contribution is 0.449. The minimum absolute atomic E-state index is 0.248. The fourth-order valence-corrected chi connectivity index (χ4v) is 1.16. The van der Waals surface area contributed by atoms with Crippen molar-refractivity contribution < 1.29 is 4.52 Å². The quantitative estimate of drug-likeness (QED) is 0.654. The summed E-state index contributed by atoms with van der Waals surface area (Å²) in [5, 5.41) is 3.13. The van der Waals surface area contributed by atoms with Crippen LogP contribution in [0.4, 0.5) is 0 Å². The summed E-state index contributed by atoms with van der Waals surface area (Å²) in [6.07, 6.45) is 0. The average Bonchev–Trinajstić information content (AvgIpc) is 2.35. The molecule has 0 saturated heterocycles. The molecule has 3 nitrogen and oxygen atoms in total. The van der Waals surface area contributed by atoms with Crippen LogP contribution in [0.2, 0.25) is 5.02 Å². The summed E-state index contributed by atoms with van der Waals surface area (Å²) >= 11 is 5.72. The first-order valence-electron chi connectivity index (χ1n) is 3.05. The second-order valence-corrected chi connectivity index (χ2v) is 2.56. The normalized spacial score (nSPS) is 10.6. The zero-order chi connectivity index (χ0) is 7.84. The Labute approximate surface area is 66.5 Å². The summed E-state index contributed by atoms with van der Waals surface area (Å²) in [5.74, 6) is 0. The van der Waals surface area contributed by atoms with Crippen molar-refractivity contribution in [1.29, 1.82) is 0 Å². The lowest BCUT2D eigenvalue weighted by Gasteiger charge is -1.86. The van der Waals surface area contributed by atoms with E-state index in [4.69, 9.17) is 16.1 Å². The third-order valence-corrected chi connectivity index (χ3v) is 1.76. The lowest BCUT2D eigenvalue weighted by Crippen LogP contribution is -1.95. The Balaban J connectivity index is 3.06. The monoisotopic (exact) mass is 169 g/mol. The molecule has 0 fully saturated rings. The van der Waals surface area contributed by atoms with Gasteiger partial charge in [0.1, 0.15) is 0 Å². The number of hydrogen-bond acceptors (Lipinski definition) is 2. The van der Waals surface area contributed by atoms with Gasteiger partial charge in [-0.05, 0) is 12.1 Å². The molecule has 1 heterocycles. The molecule has 0 spiro atoms. The van der Waals surface area contributed by atoms with Gasteiger partial charge in [0.25, 0.3) is 5.56 Å². The molecule has 0 unspecified atom stereocenters. The summed E-state index contributed by atoms with van der Waals surface area (Å²) in [6, 6.07) is 5.03. The number of hydrogen-bond donors (Lipinski definition) is 1. The van der Waals surface area contributed by atoms with Crippen molar-refractivity contribution in [3.05, 3.63) is 33.6 Å². The minimum atomic E-state index is -0.248. The molecule has 4 heteroatoms. The van der Waals surface area contributed by atoms with Crippen molar-refractivity contribution in [3.8, 4) is 0 Å². The highest BCUT2D eigenvalue weighted by molar-refractivity contribution is 6.34. The molecule has 0 radical (unpaired) electrons. The van der Waals surface area contributed by atoms with E-state index in [1.807, 2.05) is 0 Å². The van der Waals surface area contributed by atoms with E-state index in [1.165, 1.54) is 0 Å². The number of para-hydroxylation sites is 1. The Bertz CT molecular complexity index is 443. The maximum atomic E-state index is 10.9. The van der Waals surface area contributed by atoms with E-state index < -0.39 is 0 Å². The zero-order valence-corrected chi connectivity index (χ0v) is 6.18. The van der Waals surface area contributed by atoms with Crippen LogP contribution in [0.3, 0.4) is 0 Å². The third-order valence-electron chi connectivity index (χ3n) is 1.46. The highest BCUT2D eigenvalue weighted by Gasteiger charge is 2.04. The standard InChI is InChI=1S/C7H4ClNO2/c8-5-3-1-2-4-6(5)11-9-7(4)10/h1-3H,(H,9,10). The number of benzene rings is 1. The van der Waals surface area contributed by atoms with E-state index >= 15 is 0 Å². The van der Waals surface area contributed by atoms with Gasteiger partial charge >= 0.3 is 0 Å². The Kier molecular flexibility index (Phi) is 1.26. The number of nitrogens with one attached hydrogen (secondary N) is 1. The van der Waals surface area contributed by atoms with Crippen LogP contribution in [0.5, 0.6) is 0 Å². The fraction of sp³-hybridized carbons (Fsp3) is 0. The largest absolute Gasteiger partial charge is 0.377 e. The van der Waals surface area contributed by atoms with E-state index in [2.05, 4.69) is 5.16 Å². The fourth-order valence-electron chi connectivity index (χ4n) is 0.944. The van der Waals surface area contributed by atoms with Crippen molar-refractivity contribution >= 4 is 22.6 Å². The van der Waals surface area contributed by atoms with Gasteiger partial charge in [-0.2, -0.15) is 5.16 Å². The first-order valence-corrected chi connectivity index (χ1v) is 3.42. The van der Waals surface area contributed by atoms with Gasteiger partial charge in [-0.1, -0.05) is 17.7 Å². The van der Waals surface area contributed by atoms with Gasteiger partial charge in [0.2, 0.25) is 0 Å². The topological polar surface area (TPSA) is 46.0 Å². The first kappa shape index (κ1) is 6.49. The Morgan fingerprint density at radius 2 is 2.27 bits per heavy atom. The lowest BCUT2D eigenvalue weighted by atomic mass is 10.3. The maximum absolute atomic E-state index is 10.9. The molecule has 2 rings (SSSR count). The van der Waals surface area contributed by atoms with Crippen molar-refractivity contribution in [2.45, 2.75) is 0 Å². The van der Waals surface area contributed by atoms with Crippen molar-refractivity contribution in [2.75, 3.05) is 0 Å². The Morgan fingerprint density at radius 1 is 1.45 bits per heavy atom. The average molecular weight is 170 g/mol. The molecular formula is C7H4ClNO2. The molecule has 0 saturated carbocycles. The second-order valence-electron chi connectivity index (χ2n) is 2.15. The Hall–Kier alpha value is -1.22. The number of fused-ring (bicyclic) bond motifs is 1. The molecule has 56 valence electrons. The van der Waals surface area contributed by atoms with E-state index in [-0.39, 0.29) is 5.56 Å². The number of halogens is 1. The number of aromatic amines is 1. The predicted octanol–water partition coefficient (Wildman–Crippen LogP) is 1.77. The first-order chi connectivity index (χ1) is 5.29. The summed E-state index contributed by atoms with van der Waals surface area (Å²) in [6.45, 7) is 0. The molecule has 0 aliphatic rings. The molecule has 1 N–H and O–H groups in total. The van der Waals surface area contributed by atoms with Crippen molar-refractivity contribution in [3.63, 3.8) is 0 Å². The van der Waals surface area contributed by atoms with Gasteiger partial charge in [-0.15, -0.1) is 0 Å². The van der Waals surface area contributed by atoms with Gasteiger partial charge < -0.3 is 4.52 Å². The summed E-state index contributed by atoms with van der Waals surface area (Å²) in [5.41, 5.74) is 0.168. The van der Waals surface area contributed by atoms with E-state index in [1.54, 1.807) is 18.2 Å². The molecular weight excluding hydrogens is 166 g/mol. The molecule has 0 amide bonds. The van der Waals surface area contributed by atoms with Crippen molar-refractivity contribution in [1.82, 2.24) is 5.16 Å². The van der Waals surface area contributed by atoms with Crippen LogP contribution in [0, 0.1) is 0 Å². The van der Waals surface area contributed by atoms with E-state index in [9.17, 15) is 4.79 Å². The van der Waals surface area contributed by atoms with Gasteiger partial charge in [0, 0.05) is 0 Å². The molecule has 2 aromatic rings. The van der Waals surface area contributed by atoms with Crippen LogP contribution >= 0.6 is 11.6 Å². The molecule has 0 aliphatic heterocycles. The van der Waals surface area contributed by atoms with Crippen LogP contribution in [-0.2, 0) is 0 Å². The highest BCUT2D eigenvalue weighted by Crippen LogP contribution is 2.19. The zero-order valence-electron chi connectivity index (χ0n) is 5.43. The van der Waals surface area contributed by atoms with Crippen LogP contribution < -0.4 is 5.56 Å². The van der Waals surface area contributed by atoms with Crippen molar-refractivity contribution in [2.24, 2.45) is 0 Å². The molecule has 11 heavy (non-hydrogen) atoms. The number of H-pyrrole nitrogens is 1. The smallest absolute Gasteiger partial charge is 0.287 e. The second kappa shape index (κ2) is 2.13. The highest BCUT2D eigenvalue weighted by atomic mass is 35.5. The van der Waals surface area contributed by atoms with E-state index in [0.29, 0.717) is 16.0 Å². The van der Waals surface area contributed by atoms with Crippen LogP contribution in [0.15, 0.2) is 27.5 Å². The van der Waals surface area contributed by atoms with Gasteiger partial charge in [0.15, 0.2) is 5.58 Å². The number of aromatic nitrogens is 1. The molecule has 0 bridgehead atoms. The molecule has 0 atom stereocenters. The Morgan fingerprint density at radius 3 is 3.00 bits per heavy atom. The summed E-state index contributed by atoms with van der Waals surface area (Å²) < 4.78 is 4.81. The van der Waals surface area contributed by atoms with Gasteiger partial charge in [-0.25, -0.2) is 0 Å². The SMILES string of the molecule is O=c1[nH]oc2c(Cl)cccc12. The van der Waals surface area contributed by atoms with Gasteiger partial charge in [0.05, 0.1) is 10.4 Å². The third kappa shape index (κ3) is 0.851. The summed E-state index contributed by atoms with van der Waals surface area (Å²) in [7, 11) is 0.